The first-order valence-electron chi connectivity index (χ1n) is 10.1. The van der Waals surface area contributed by atoms with Crippen LogP contribution < -0.4 is 5.32 Å². The number of piperidine rings is 1. The molecule has 2 aromatic carbocycles. The van der Waals surface area contributed by atoms with E-state index in [1.54, 1.807) is 0 Å². The van der Waals surface area contributed by atoms with Crippen LogP contribution in [0.4, 0.5) is 0 Å². The van der Waals surface area contributed by atoms with E-state index >= 15 is 0 Å². The summed E-state index contributed by atoms with van der Waals surface area (Å²) in [7, 11) is 0. The minimum Gasteiger partial charge on any atom is -0.352 e. The van der Waals surface area contributed by atoms with Crippen molar-refractivity contribution in [1.82, 2.24) is 20.4 Å². The minimum absolute atomic E-state index is 0.00377. The van der Waals surface area contributed by atoms with Gasteiger partial charge in [0.05, 0.1) is 12.5 Å². The Kier molecular flexibility index (Phi) is 6.00. The third kappa shape index (κ3) is 5.09. The molecule has 1 atom stereocenters. The molecule has 1 aliphatic heterocycles. The third-order valence-electron chi connectivity index (χ3n) is 5.32. The molecule has 2 heterocycles. The fourth-order valence-corrected chi connectivity index (χ4v) is 3.67. The van der Waals surface area contributed by atoms with Gasteiger partial charge < -0.3 is 9.84 Å². The molecule has 150 valence electrons. The standard InChI is InChI=1S/C23H26N4O2/c1-17-9-11-19(12-10-17)23-25-21(26-29-23)16-27-13-5-8-20(15-27)22(28)24-14-18-6-3-2-4-7-18/h2-4,6-7,9-12,20H,5,8,13-16H2,1H3,(H,24,28). The molecule has 1 saturated heterocycles. The summed E-state index contributed by atoms with van der Waals surface area (Å²) in [6, 6.07) is 18.0. The lowest BCUT2D eigenvalue weighted by Gasteiger charge is -2.31. The van der Waals surface area contributed by atoms with Crippen LogP contribution in [0.15, 0.2) is 59.1 Å². The number of aromatic nitrogens is 2. The van der Waals surface area contributed by atoms with Gasteiger partial charge in [0.25, 0.3) is 5.89 Å². The van der Waals surface area contributed by atoms with E-state index in [0.29, 0.717) is 24.8 Å². The molecule has 3 aromatic rings. The van der Waals surface area contributed by atoms with E-state index in [9.17, 15) is 4.79 Å². The Morgan fingerprint density at radius 1 is 1.17 bits per heavy atom. The van der Waals surface area contributed by atoms with E-state index in [-0.39, 0.29) is 11.8 Å². The first kappa shape index (κ1) is 19.3. The highest BCUT2D eigenvalue weighted by molar-refractivity contribution is 5.78. The van der Waals surface area contributed by atoms with Crippen LogP contribution >= 0.6 is 0 Å². The number of hydrogen-bond donors (Lipinski definition) is 1. The van der Waals surface area contributed by atoms with Crippen LogP contribution in [0.5, 0.6) is 0 Å². The van der Waals surface area contributed by atoms with Crippen LogP contribution in [-0.2, 0) is 17.9 Å². The molecule has 29 heavy (non-hydrogen) atoms. The summed E-state index contributed by atoms with van der Waals surface area (Å²) in [5.41, 5.74) is 3.23. The molecule has 1 aliphatic rings. The monoisotopic (exact) mass is 390 g/mol. The van der Waals surface area contributed by atoms with Crippen LogP contribution in [0.2, 0.25) is 0 Å². The maximum absolute atomic E-state index is 12.6. The molecule has 1 unspecified atom stereocenters. The van der Waals surface area contributed by atoms with Crippen molar-refractivity contribution in [2.24, 2.45) is 5.92 Å². The summed E-state index contributed by atoms with van der Waals surface area (Å²) in [5.74, 6) is 1.31. The maximum Gasteiger partial charge on any atom is 0.257 e. The summed E-state index contributed by atoms with van der Waals surface area (Å²) in [6.45, 7) is 4.87. The fraction of sp³-hybridized carbons (Fsp3) is 0.348. The Bertz CT molecular complexity index is 937. The van der Waals surface area contributed by atoms with E-state index in [2.05, 4.69) is 20.4 Å². The molecule has 0 radical (unpaired) electrons. The summed E-state index contributed by atoms with van der Waals surface area (Å²) in [4.78, 5) is 19.4. The molecule has 1 aromatic heterocycles. The fourth-order valence-electron chi connectivity index (χ4n) is 3.67. The summed E-state index contributed by atoms with van der Waals surface area (Å²) < 4.78 is 5.43. The third-order valence-corrected chi connectivity index (χ3v) is 5.32. The SMILES string of the molecule is Cc1ccc(-c2nc(CN3CCCC(C(=O)NCc4ccccc4)C3)no2)cc1. The first-order chi connectivity index (χ1) is 14.2. The van der Waals surface area contributed by atoms with Crippen molar-refractivity contribution in [3.8, 4) is 11.5 Å². The summed E-state index contributed by atoms with van der Waals surface area (Å²) in [5, 5.41) is 7.19. The lowest BCUT2D eigenvalue weighted by atomic mass is 9.97. The molecule has 0 saturated carbocycles. The molecule has 0 spiro atoms. The number of carbonyl (C=O) groups is 1. The number of nitrogens with one attached hydrogen (secondary N) is 1. The molecule has 0 aliphatic carbocycles. The zero-order valence-electron chi connectivity index (χ0n) is 16.7. The summed E-state index contributed by atoms with van der Waals surface area (Å²) >= 11 is 0. The average Bonchev–Trinajstić information content (AvgIpc) is 3.22. The largest absolute Gasteiger partial charge is 0.352 e. The summed E-state index contributed by atoms with van der Waals surface area (Å²) in [6.07, 6.45) is 1.91. The predicted octanol–water partition coefficient (Wildman–Crippen LogP) is 3.57. The smallest absolute Gasteiger partial charge is 0.257 e. The molecular formula is C23H26N4O2. The van der Waals surface area contributed by atoms with Crippen molar-refractivity contribution < 1.29 is 9.32 Å². The van der Waals surface area contributed by atoms with Crippen LogP contribution in [0, 0.1) is 12.8 Å². The molecule has 4 rings (SSSR count). The van der Waals surface area contributed by atoms with Crippen molar-refractivity contribution >= 4 is 5.91 Å². The number of carbonyl (C=O) groups excluding carboxylic acids is 1. The van der Waals surface area contributed by atoms with E-state index in [0.717, 1.165) is 37.1 Å². The molecule has 1 amide bonds. The number of hydrogen-bond acceptors (Lipinski definition) is 5. The van der Waals surface area contributed by atoms with Crippen molar-refractivity contribution in [3.05, 3.63) is 71.5 Å². The normalized spacial score (nSPS) is 17.2. The lowest BCUT2D eigenvalue weighted by Crippen LogP contribution is -2.42. The van der Waals surface area contributed by atoms with Gasteiger partial charge in [-0.05, 0) is 44.0 Å². The van der Waals surface area contributed by atoms with Gasteiger partial charge in [0.1, 0.15) is 0 Å². The quantitative estimate of drug-likeness (QED) is 0.697. The number of rotatable bonds is 6. The highest BCUT2D eigenvalue weighted by Gasteiger charge is 2.26. The van der Waals surface area contributed by atoms with E-state index < -0.39 is 0 Å². The van der Waals surface area contributed by atoms with Crippen molar-refractivity contribution in [1.29, 1.82) is 0 Å². The number of benzene rings is 2. The van der Waals surface area contributed by atoms with E-state index in [1.165, 1.54) is 5.56 Å². The number of nitrogens with zero attached hydrogens (tertiary/aromatic N) is 3. The number of amides is 1. The maximum atomic E-state index is 12.6. The van der Waals surface area contributed by atoms with Gasteiger partial charge >= 0.3 is 0 Å². The molecule has 6 nitrogen and oxygen atoms in total. The van der Waals surface area contributed by atoms with E-state index in [4.69, 9.17) is 4.52 Å². The first-order valence-corrected chi connectivity index (χ1v) is 10.1. The Hall–Kier alpha value is -2.99. The predicted molar refractivity (Wildman–Crippen MR) is 111 cm³/mol. The van der Waals surface area contributed by atoms with Crippen LogP contribution in [-0.4, -0.2) is 34.0 Å². The highest BCUT2D eigenvalue weighted by Crippen LogP contribution is 2.21. The van der Waals surface area contributed by atoms with Crippen LogP contribution in [0.25, 0.3) is 11.5 Å². The van der Waals surface area contributed by atoms with Gasteiger partial charge in [0, 0.05) is 18.7 Å². The zero-order valence-corrected chi connectivity index (χ0v) is 16.7. The second-order valence-electron chi connectivity index (χ2n) is 7.66. The van der Waals surface area contributed by atoms with E-state index in [1.807, 2.05) is 61.5 Å². The number of aryl methyl sites for hydroxylation is 1. The van der Waals surface area contributed by atoms with Crippen molar-refractivity contribution in [2.75, 3.05) is 13.1 Å². The Labute approximate surface area is 170 Å². The Morgan fingerprint density at radius 3 is 2.76 bits per heavy atom. The van der Waals surface area contributed by atoms with Crippen LogP contribution in [0.1, 0.15) is 29.8 Å². The lowest BCUT2D eigenvalue weighted by molar-refractivity contribution is -0.127. The Balaban J connectivity index is 1.32. The van der Waals surface area contributed by atoms with Gasteiger partial charge in [-0.3, -0.25) is 9.69 Å². The topological polar surface area (TPSA) is 71.3 Å². The van der Waals surface area contributed by atoms with Crippen molar-refractivity contribution in [3.63, 3.8) is 0 Å². The molecule has 0 bridgehead atoms. The van der Waals surface area contributed by atoms with Gasteiger partial charge in [0.2, 0.25) is 5.91 Å². The van der Waals surface area contributed by atoms with Gasteiger partial charge in [-0.15, -0.1) is 0 Å². The van der Waals surface area contributed by atoms with Gasteiger partial charge in [-0.25, -0.2) is 0 Å². The second kappa shape index (κ2) is 9.01. The van der Waals surface area contributed by atoms with Crippen LogP contribution in [0.3, 0.4) is 0 Å². The van der Waals surface area contributed by atoms with Crippen molar-refractivity contribution in [2.45, 2.75) is 32.9 Å². The minimum atomic E-state index is -0.00377. The Morgan fingerprint density at radius 2 is 1.97 bits per heavy atom. The second-order valence-corrected chi connectivity index (χ2v) is 7.66. The molecule has 1 fully saturated rings. The molecule has 1 N–H and O–H groups in total. The average molecular weight is 390 g/mol. The van der Waals surface area contributed by atoms with Gasteiger partial charge in [-0.1, -0.05) is 53.2 Å². The number of likely N-dealkylation sites (tertiary alicyclic amines) is 1. The zero-order chi connectivity index (χ0) is 20.1. The molecule has 6 heteroatoms. The van der Waals surface area contributed by atoms with Gasteiger partial charge in [0.15, 0.2) is 5.82 Å². The molecular weight excluding hydrogens is 364 g/mol. The van der Waals surface area contributed by atoms with Gasteiger partial charge in [-0.2, -0.15) is 4.98 Å². The highest BCUT2D eigenvalue weighted by atomic mass is 16.5.